The monoisotopic (exact) mass is 9520 g/mol. The Morgan fingerprint density at radius 1 is 0.120 bits per heavy atom. The molecule has 0 aliphatic rings. The van der Waals surface area contributed by atoms with Gasteiger partial charge in [-0.1, -0.05) is 0 Å². The molecule has 75 heavy (non-hydrogen) atoms. The third-order valence-electron chi connectivity index (χ3n) is 2.90. The van der Waals surface area contributed by atoms with Crippen LogP contribution in [0.2, 0.25) is 0 Å². The third kappa shape index (κ3) is 53.4. The van der Waals surface area contributed by atoms with Crippen molar-refractivity contribution in [2.75, 3.05) is 0 Å². The van der Waals surface area contributed by atoms with Crippen molar-refractivity contribution in [2.45, 2.75) is 0 Å². The molecular formula is I75-. The summed E-state index contributed by atoms with van der Waals surface area (Å²) in [4.78, 5) is 0. The summed E-state index contributed by atoms with van der Waals surface area (Å²) >= 11 is 128. The molecule has 0 N–H and O–H groups in total. The van der Waals surface area contributed by atoms with Crippen molar-refractivity contribution in [2.24, 2.45) is 0 Å². The first-order valence-electron chi connectivity index (χ1n) is 10.6. The third-order valence-corrected chi connectivity index (χ3v) is 5870. The molecule has 0 aliphatic heterocycles. The molecule has 0 bridgehead atoms. The van der Waals surface area contributed by atoms with E-state index in [0.717, 1.165) is 0 Å². The fourth-order valence-electron chi connectivity index (χ4n) is 1.06. The van der Waals surface area contributed by atoms with Crippen molar-refractivity contribution >= 4 is 992 Å². The van der Waals surface area contributed by atoms with Crippen LogP contribution in [0.1, 0.15) is 0 Å². The minimum atomic E-state index is -0.630. The second-order valence-electron chi connectivity index (χ2n) is 5.89. The molecule has 0 nitrogen and oxygen atoms in total. The van der Waals surface area contributed by atoms with Crippen LogP contribution in [0.25, 0.3) is 0 Å². The molecule has 0 amide bonds. The van der Waals surface area contributed by atoms with E-state index >= 15 is 0 Å². The topological polar surface area (TPSA) is 0 Å². The van der Waals surface area contributed by atoms with E-state index < -0.39 is 284 Å². The van der Waals surface area contributed by atoms with Gasteiger partial charge in [-0.25, -0.2) is 0 Å². The minimum absolute atomic E-state index is 0.414. The molecule has 0 spiro atoms. The standard InChI is InChI=1S/I75/c1-39-41(4)43(6)45(8)47(10)49(12)51(14)53(16)55(18)57(20)59(22)61(24)63(26)65(28)67(30)69(32)71(34)73(36)75(38)74(37)72(35)70(33)68(31)66(29)64(27)62(25)60(23)58(21)56(19)54(17)52(15)50(13)48(11)46(9)44(7)42(5)40(2)3/q-1. The van der Waals surface area contributed by atoms with Crippen LogP contribution >= 0.6 is 992 Å². The van der Waals surface area contributed by atoms with Crippen LogP contribution in [-0.2, 0) is 0 Å². The van der Waals surface area contributed by atoms with Crippen molar-refractivity contribution < 1.29 is 13.3 Å². The summed E-state index contributed by atoms with van der Waals surface area (Å²) in [5, 5.41) is 0. The van der Waals surface area contributed by atoms with E-state index in [1.165, 1.54) is 0 Å². The van der Waals surface area contributed by atoms with Gasteiger partial charge in [0.25, 0.3) is 0 Å². The molecule has 526 valence electrons. The average molecular weight is 9520 g/mol. The molecule has 0 saturated heterocycles. The zero-order chi connectivity index (χ0) is 59.5. The van der Waals surface area contributed by atoms with Crippen LogP contribution in [0.4, 0.5) is 0 Å². The fourth-order valence-corrected chi connectivity index (χ4v) is 14500. The van der Waals surface area contributed by atoms with Crippen LogP contribution in [-0.4, -0.2) is 0 Å². The Bertz CT molecular complexity index is 1470. The normalized spacial score (nSPS) is 19.0. The average Bonchev–Trinajstić information content (AvgIpc) is 3.41. The Morgan fingerprint density at radius 3 is 0.280 bits per heavy atom. The van der Waals surface area contributed by atoms with Gasteiger partial charge in [-0.2, -0.15) is 0 Å². The van der Waals surface area contributed by atoms with Gasteiger partial charge in [0, 0.05) is 0 Å². The molecule has 0 rings (SSSR count). The van der Waals surface area contributed by atoms with E-state index in [1.54, 1.807) is 0 Å². The van der Waals surface area contributed by atoms with Gasteiger partial charge in [0.1, 0.15) is 0 Å². The van der Waals surface area contributed by atoms with Gasteiger partial charge in [-0.05, 0) is 0 Å². The Morgan fingerprint density at radius 2 is 0.200 bits per heavy atom. The van der Waals surface area contributed by atoms with Crippen LogP contribution in [0.15, 0.2) is 0 Å². The van der Waals surface area contributed by atoms with Crippen molar-refractivity contribution in [3.63, 3.8) is 0 Å². The molecule has 0 radical (unpaired) electrons. The predicted molar refractivity (Wildman–Crippen MR) is 1040 cm³/mol. The quantitative estimate of drug-likeness (QED) is 0.0549. The maximum absolute atomic E-state index is 3.45. The van der Waals surface area contributed by atoms with Crippen molar-refractivity contribution in [3.8, 4) is 0 Å². The molecule has 0 aliphatic carbocycles. The Kier molecular flexibility index (Phi) is 136. The van der Waals surface area contributed by atoms with Crippen LogP contribution in [0.3, 0.4) is 0 Å². The van der Waals surface area contributed by atoms with E-state index in [4.69, 9.17) is 0 Å². The summed E-state index contributed by atoms with van der Waals surface area (Å²) in [6.45, 7) is 0. The van der Waals surface area contributed by atoms with E-state index in [0.29, 0.717) is 13.3 Å². The summed E-state index contributed by atoms with van der Waals surface area (Å²) in [7, 11) is -20.8. The fraction of sp³-hybridized carbons (Fsp3) is 0. The van der Waals surface area contributed by atoms with Gasteiger partial charge in [0.05, 0.1) is 0 Å². The second-order valence-corrected chi connectivity index (χ2v) is 1780. The summed E-state index contributed by atoms with van der Waals surface area (Å²) < 4.78 is 0. The van der Waals surface area contributed by atoms with Crippen molar-refractivity contribution in [1.82, 2.24) is 0 Å². The van der Waals surface area contributed by atoms with Gasteiger partial charge in [-0.3, -0.25) is 0 Å². The molecule has 0 aromatic carbocycles. The summed E-state index contributed by atoms with van der Waals surface area (Å²) in [6.07, 6.45) is 0. The maximum atomic E-state index is 3.45. The van der Waals surface area contributed by atoms with Crippen molar-refractivity contribution in [1.29, 1.82) is 0 Å². The first-order valence-corrected chi connectivity index (χ1v) is 476. The van der Waals surface area contributed by atoms with Gasteiger partial charge in [0.15, 0.2) is 0 Å². The van der Waals surface area contributed by atoms with Gasteiger partial charge in [-0.15, -0.1) is 0 Å². The number of hydrogen-bond donors (Lipinski definition) is 0. The molecule has 0 atom stereocenters. The van der Waals surface area contributed by atoms with Crippen LogP contribution < -0.4 is 13.3 Å². The molecule has 0 unspecified atom stereocenters. The first-order chi connectivity index (χ1) is 34.1. The zero-order valence-electron chi connectivity index (χ0n) is 28.3. The van der Waals surface area contributed by atoms with Gasteiger partial charge in [0.2, 0.25) is 0 Å². The van der Waals surface area contributed by atoms with E-state index in [1.807, 2.05) is 0 Å². The first kappa shape index (κ1) is 130. The number of halogens is 75. The molecule has 0 fully saturated rings. The van der Waals surface area contributed by atoms with Crippen LogP contribution in [0.5, 0.6) is 0 Å². The molecule has 75 heteroatoms. The van der Waals surface area contributed by atoms with Crippen molar-refractivity contribution in [3.05, 3.63) is 0 Å². The zero-order valence-corrected chi connectivity index (χ0v) is 190. The van der Waals surface area contributed by atoms with Crippen LogP contribution in [0, 0.1) is 0 Å². The summed E-state index contributed by atoms with van der Waals surface area (Å²) in [5.74, 6) is 0. The summed E-state index contributed by atoms with van der Waals surface area (Å²) in [5.41, 5.74) is 0. The summed E-state index contributed by atoms with van der Waals surface area (Å²) in [6, 6.07) is 0. The second kappa shape index (κ2) is 78.4. The predicted octanol–water partition coefficient (Wildman–Crippen LogP) is 62.5. The number of hydrogen-bond acceptors (Lipinski definition) is 0. The Balaban J connectivity index is 5.78. The van der Waals surface area contributed by atoms with Gasteiger partial charge >= 0.3 is 1000 Å². The Hall–Kier alpha value is 54.7. The molecular weight excluding hydrogens is 9520 g/mol. The number of rotatable bonds is 36. The molecule has 0 heterocycles. The Labute approximate surface area is 944 Å². The van der Waals surface area contributed by atoms with E-state index in [2.05, 4.69) is 707 Å². The molecule has 0 aromatic rings. The van der Waals surface area contributed by atoms with Gasteiger partial charge < -0.3 is 0 Å². The van der Waals surface area contributed by atoms with E-state index in [-0.39, 0.29) is 0 Å². The molecule has 0 saturated carbocycles. The molecule has 0 aromatic heterocycles. The SMILES string of the molecule is I[I-]I(I)I(I)I(I)I(I)I(I)I(I)I(I)I(I)I(I)I(I)I(I)I(I)I(I)I(I)I(I)I(I)I(I)I(I)I(I)I(I)I(I)I(I)I(I)I(I)I(I)I(I)I(I)I(I)I(I)I(I)I(I)I(I)I(I)I(I)I(I)I(I)I. The van der Waals surface area contributed by atoms with E-state index in [9.17, 15) is 0 Å².